The number of nitrogen functional groups attached to an aromatic ring is 1. The minimum atomic E-state index is 0.295. The van der Waals surface area contributed by atoms with Crippen molar-refractivity contribution in [2.45, 2.75) is 4.90 Å². The largest absolute Gasteiger partial charge is 0.366 e. The van der Waals surface area contributed by atoms with Crippen LogP contribution in [0.4, 0.5) is 5.95 Å². The second-order valence-corrected chi connectivity index (χ2v) is 4.76. The molecule has 2 N–H and O–H groups in total. The predicted molar refractivity (Wildman–Crippen MR) is 74.6 cm³/mol. The molecule has 0 fully saturated rings. The van der Waals surface area contributed by atoms with E-state index in [9.17, 15) is 0 Å². The number of thioether (sulfide) groups is 1. The molecule has 3 rings (SSSR count). The minimum Gasteiger partial charge on any atom is -0.366 e. The van der Waals surface area contributed by atoms with E-state index in [1.807, 2.05) is 24.3 Å². The summed E-state index contributed by atoms with van der Waals surface area (Å²) in [7, 11) is 0. The molecule has 2 heterocycles. The van der Waals surface area contributed by atoms with Gasteiger partial charge in [0.25, 0.3) is 0 Å². The van der Waals surface area contributed by atoms with Crippen molar-refractivity contribution in [3.8, 4) is 11.3 Å². The molecular weight excluding hydrogens is 244 g/mol. The summed E-state index contributed by atoms with van der Waals surface area (Å²) in [5, 5.41) is 4.22. The number of pyridine rings is 1. The van der Waals surface area contributed by atoms with E-state index in [0.717, 1.165) is 16.9 Å². The number of benzene rings is 1. The standard InChI is InChI=1S/C13H12N4S/c1-18-10-5-2-4-9(8-10)11-6-3-7-12-15-13(14)16-17(11)12/h2-8H,1H3,(H2,14,16). The van der Waals surface area contributed by atoms with Crippen LogP contribution >= 0.6 is 11.8 Å². The van der Waals surface area contributed by atoms with Gasteiger partial charge in [-0.25, -0.2) is 4.52 Å². The Balaban J connectivity index is 2.24. The van der Waals surface area contributed by atoms with Crippen molar-refractivity contribution in [3.63, 3.8) is 0 Å². The average Bonchev–Trinajstić information content (AvgIpc) is 2.78. The summed E-state index contributed by atoms with van der Waals surface area (Å²) in [5.41, 5.74) is 8.51. The van der Waals surface area contributed by atoms with E-state index in [1.165, 1.54) is 4.90 Å². The van der Waals surface area contributed by atoms with Crippen LogP contribution in [-0.2, 0) is 0 Å². The smallest absolute Gasteiger partial charge is 0.240 e. The number of hydrogen-bond donors (Lipinski definition) is 1. The lowest BCUT2D eigenvalue weighted by molar-refractivity contribution is 0.976. The normalized spacial score (nSPS) is 10.9. The maximum atomic E-state index is 5.65. The first-order chi connectivity index (χ1) is 8.78. The average molecular weight is 256 g/mol. The highest BCUT2D eigenvalue weighted by Crippen LogP contribution is 2.24. The summed E-state index contributed by atoms with van der Waals surface area (Å²) < 4.78 is 1.77. The van der Waals surface area contributed by atoms with Gasteiger partial charge < -0.3 is 5.73 Å². The summed E-state index contributed by atoms with van der Waals surface area (Å²) >= 11 is 1.72. The molecule has 5 heteroatoms. The molecule has 18 heavy (non-hydrogen) atoms. The van der Waals surface area contributed by atoms with Crippen LogP contribution in [0.3, 0.4) is 0 Å². The Morgan fingerprint density at radius 1 is 1.17 bits per heavy atom. The highest BCUT2D eigenvalue weighted by molar-refractivity contribution is 7.98. The molecule has 0 saturated heterocycles. The van der Waals surface area contributed by atoms with E-state index < -0.39 is 0 Å². The van der Waals surface area contributed by atoms with Gasteiger partial charge in [-0.05, 0) is 30.5 Å². The molecule has 0 aliphatic carbocycles. The molecule has 0 atom stereocenters. The number of aromatic nitrogens is 3. The van der Waals surface area contributed by atoms with Crippen LogP contribution < -0.4 is 5.73 Å². The molecule has 0 saturated carbocycles. The van der Waals surface area contributed by atoms with Gasteiger partial charge in [-0.15, -0.1) is 16.9 Å². The summed E-state index contributed by atoms with van der Waals surface area (Å²) in [5.74, 6) is 0.295. The second-order valence-electron chi connectivity index (χ2n) is 3.88. The van der Waals surface area contributed by atoms with Gasteiger partial charge in [0.2, 0.25) is 5.95 Å². The first-order valence-corrected chi connectivity index (χ1v) is 6.76. The highest BCUT2D eigenvalue weighted by Gasteiger charge is 2.07. The van der Waals surface area contributed by atoms with E-state index in [0.29, 0.717) is 5.95 Å². The lowest BCUT2D eigenvalue weighted by atomic mass is 10.1. The number of nitrogens with two attached hydrogens (primary N) is 1. The fraction of sp³-hybridized carbons (Fsp3) is 0.0769. The first-order valence-electron chi connectivity index (χ1n) is 5.53. The van der Waals surface area contributed by atoms with Crippen molar-refractivity contribution in [2.24, 2.45) is 0 Å². The third kappa shape index (κ3) is 1.82. The Morgan fingerprint density at radius 2 is 2.00 bits per heavy atom. The maximum absolute atomic E-state index is 5.65. The molecule has 0 bridgehead atoms. The van der Waals surface area contributed by atoms with E-state index in [4.69, 9.17) is 5.73 Å². The lowest BCUT2D eigenvalue weighted by Gasteiger charge is -2.05. The Bertz CT molecular complexity index is 705. The molecular formula is C13H12N4S. The van der Waals surface area contributed by atoms with Crippen LogP contribution in [0, 0.1) is 0 Å². The zero-order chi connectivity index (χ0) is 12.5. The zero-order valence-electron chi connectivity index (χ0n) is 9.87. The number of fused-ring (bicyclic) bond motifs is 1. The number of hydrogen-bond acceptors (Lipinski definition) is 4. The Kier molecular flexibility index (Phi) is 2.68. The number of nitrogens with zero attached hydrogens (tertiary/aromatic N) is 3. The predicted octanol–water partition coefficient (Wildman–Crippen LogP) is 2.70. The Morgan fingerprint density at radius 3 is 2.83 bits per heavy atom. The summed E-state index contributed by atoms with van der Waals surface area (Å²) in [4.78, 5) is 5.39. The first kappa shape index (κ1) is 11.1. The third-order valence-electron chi connectivity index (χ3n) is 2.74. The van der Waals surface area contributed by atoms with Crippen molar-refractivity contribution in [1.29, 1.82) is 0 Å². The molecule has 0 aliphatic heterocycles. The lowest BCUT2D eigenvalue weighted by Crippen LogP contribution is -1.94. The van der Waals surface area contributed by atoms with Crippen LogP contribution in [0.2, 0.25) is 0 Å². The van der Waals surface area contributed by atoms with Gasteiger partial charge in [0.1, 0.15) is 0 Å². The summed E-state index contributed by atoms with van der Waals surface area (Å²) in [6.45, 7) is 0. The summed E-state index contributed by atoms with van der Waals surface area (Å²) in [6, 6.07) is 14.2. The monoisotopic (exact) mass is 256 g/mol. The van der Waals surface area contributed by atoms with Crippen molar-refractivity contribution in [3.05, 3.63) is 42.5 Å². The third-order valence-corrected chi connectivity index (χ3v) is 3.47. The molecule has 4 nitrogen and oxygen atoms in total. The van der Waals surface area contributed by atoms with Crippen LogP contribution in [-0.4, -0.2) is 20.9 Å². The fourth-order valence-electron chi connectivity index (χ4n) is 1.92. The van der Waals surface area contributed by atoms with Gasteiger partial charge in [-0.2, -0.15) is 4.98 Å². The maximum Gasteiger partial charge on any atom is 0.240 e. The molecule has 0 unspecified atom stereocenters. The van der Waals surface area contributed by atoms with Gasteiger partial charge >= 0.3 is 0 Å². The van der Waals surface area contributed by atoms with Gasteiger partial charge in [0.15, 0.2) is 5.65 Å². The second kappa shape index (κ2) is 4.34. The van der Waals surface area contributed by atoms with Crippen LogP contribution in [0.25, 0.3) is 16.9 Å². The molecule has 2 aromatic heterocycles. The number of rotatable bonds is 2. The van der Waals surface area contributed by atoms with Gasteiger partial charge in [-0.3, -0.25) is 0 Å². The molecule has 3 aromatic rings. The topological polar surface area (TPSA) is 56.2 Å². The molecule has 90 valence electrons. The highest BCUT2D eigenvalue weighted by atomic mass is 32.2. The van der Waals surface area contributed by atoms with Crippen molar-refractivity contribution in [2.75, 3.05) is 12.0 Å². The van der Waals surface area contributed by atoms with E-state index in [-0.39, 0.29) is 0 Å². The van der Waals surface area contributed by atoms with Crippen molar-refractivity contribution in [1.82, 2.24) is 14.6 Å². The number of anilines is 1. The van der Waals surface area contributed by atoms with Crippen molar-refractivity contribution >= 4 is 23.4 Å². The van der Waals surface area contributed by atoms with Gasteiger partial charge in [-0.1, -0.05) is 18.2 Å². The summed E-state index contributed by atoms with van der Waals surface area (Å²) in [6.07, 6.45) is 2.06. The molecule has 0 aliphatic rings. The van der Waals surface area contributed by atoms with Gasteiger partial charge in [0.05, 0.1) is 5.69 Å². The van der Waals surface area contributed by atoms with E-state index >= 15 is 0 Å². The van der Waals surface area contributed by atoms with E-state index in [2.05, 4.69) is 34.5 Å². The van der Waals surface area contributed by atoms with E-state index in [1.54, 1.807) is 16.3 Å². The van der Waals surface area contributed by atoms with Crippen LogP contribution in [0.15, 0.2) is 47.4 Å². The zero-order valence-corrected chi connectivity index (χ0v) is 10.7. The SMILES string of the molecule is CSc1cccc(-c2cccc3nc(N)nn23)c1. The van der Waals surface area contributed by atoms with Gasteiger partial charge in [0, 0.05) is 10.5 Å². The fourth-order valence-corrected chi connectivity index (χ4v) is 2.38. The molecule has 0 spiro atoms. The quantitative estimate of drug-likeness (QED) is 0.716. The van der Waals surface area contributed by atoms with Crippen LogP contribution in [0.5, 0.6) is 0 Å². The Labute approximate surface area is 109 Å². The minimum absolute atomic E-state index is 0.295. The van der Waals surface area contributed by atoms with Crippen molar-refractivity contribution < 1.29 is 0 Å². The van der Waals surface area contributed by atoms with Crippen LogP contribution in [0.1, 0.15) is 0 Å². The Hall–Kier alpha value is -2.01. The molecule has 1 aromatic carbocycles. The molecule has 0 radical (unpaired) electrons. The molecule has 0 amide bonds.